The molecular formula is C9H7F3O4S. The van der Waals surface area contributed by atoms with Crippen LogP contribution < -0.4 is 0 Å². The van der Waals surface area contributed by atoms with Crippen LogP contribution in [0.2, 0.25) is 0 Å². The van der Waals surface area contributed by atoms with E-state index in [1.165, 1.54) is 6.92 Å². The highest BCUT2D eigenvalue weighted by molar-refractivity contribution is 7.92. The van der Waals surface area contributed by atoms with E-state index in [1.807, 2.05) is 0 Å². The Morgan fingerprint density at radius 1 is 1.29 bits per heavy atom. The summed E-state index contributed by atoms with van der Waals surface area (Å²) < 4.78 is 58.7. The summed E-state index contributed by atoms with van der Waals surface area (Å²) in [4.78, 5) is 9.60. The minimum Gasteiger partial charge on any atom is -0.478 e. The van der Waals surface area contributed by atoms with Crippen LogP contribution in [0.15, 0.2) is 23.1 Å². The lowest BCUT2D eigenvalue weighted by atomic mass is 10.1. The van der Waals surface area contributed by atoms with Crippen molar-refractivity contribution < 1.29 is 31.5 Å². The number of aromatic carboxylic acids is 1. The molecule has 0 aliphatic carbocycles. The van der Waals surface area contributed by atoms with Crippen LogP contribution in [-0.2, 0) is 9.84 Å². The summed E-state index contributed by atoms with van der Waals surface area (Å²) in [5.41, 5.74) is -5.74. The molecule has 0 spiro atoms. The van der Waals surface area contributed by atoms with Gasteiger partial charge in [-0.05, 0) is 24.6 Å². The van der Waals surface area contributed by atoms with Gasteiger partial charge < -0.3 is 5.11 Å². The van der Waals surface area contributed by atoms with E-state index in [-0.39, 0.29) is 5.56 Å². The number of rotatable bonds is 2. The van der Waals surface area contributed by atoms with E-state index in [0.29, 0.717) is 6.07 Å². The third-order valence-corrected chi connectivity index (χ3v) is 3.54. The average Bonchev–Trinajstić information content (AvgIpc) is 2.15. The Bertz CT molecular complexity index is 560. The largest absolute Gasteiger partial charge is 0.501 e. The van der Waals surface area contributed by atoms with Gasteiger partial charge in [0.1, 0.15) is 0 Å². The first-order valence-corrected chi connectivity index (χ1v) is 5.71. The van der Waals surface area contributed by atoms with Crippen molar-refractivity contribution in [2.45, 2.75) is 17.3 Å². The van der Waals surface area contributed by atoms with E-state index < -0.39 is 31.8 Å². The van der Waals surface area contributed by atoms with Crippen LogP contribution in [0.3, 0.4) is 0 Å². The maximum absolute atomic E-state index is 12.2. The molecule has 0 amide bonds. The molecule has 1 aromatic carbocycles. The summed E-state index contributed by atoms with van der Waals surface area (Å²) >= 11 is 0. The van der Waals surface area contributed by atoms with Crippen molar-refractivity contribution >= 4 is 15.8 Å². The van der Waals surface area contributed by atoms with Gasteiger partial charge in [0, 0.05) is 0 Å². The SMILES string of the molecule is Cc1ccc(S(=O)(=O)C(F)(F)F)cc1C(=O)O. The average molecular weight is 268 g/mol. The summed E-state index contributed by atoms with van der Waals surface area (Å²) in [5.74, 6) is -1.48. The van der Waals surface area contributed by atoms with E-state index in [4.69, 9.17) is 5.11 Å². The summed E-state index contributed by atoms with van der Waals surface area (Å²) in [6.07, 6.45) is 0. The predicted molar refractivity (Wildman–Crippen MR) is 51.4 cm³/mol. The summed E-state index contributed by atoms with van der Waals surface area (Å²) in [6, 6.07) is 2.24. The molecule has 0 saturated heterocycles. The monoisotopic (exact) mass is 268 g/mol. The highest BCUT2D eigenvalue weighted by Crippen LogP contribution is 2.31. The van der Waals surface area contributed by atoms with Crippen LogP contribution in [-0.4, -0.2) is 25.0 Å². The lowest BCUT2D eigenvalue weighted by molar-refractivity contribution is -0.0436. The molecule has 8 heteroatoms. The van der Waals surface area contributed by atoms with Crippen molar-refractivity contribution in [3.05, 3.63) is 29.3 Å². The molecule has 17 heavy (non-hydrogen) atoms. The van der Waals surface area contributed by atoms with Gasteiger partial charge in [0.05, 0.1) is 10.5 Å². The zero-order chi connectivity index (χ0) is 13.4. The zero-order valence-electron chi connectivity index (χ0n) is 8.45. The van der Waals surface area contributed by atoms with Crippen molar-refractivity contribution in [1.29, 1.82) is 0 Å². The fourth-order valence-electron chi connectivity index (χ4n) is 1.13. The summed E-state index contributed by atoms with van der Waals surface area (Å²) in [6.45, 7) is 1.35. The van der Waals surface area contributed by atoms with Gasteiger partial charge in [-0.2, -0.15) is 13.2 Å². The van der Waals surface area contributed by atoms with Gasteiger partial charge >= 0.3 is 11.5 Å². The molecule has 0 atom stereocenters. The molecule has 0 aromatic heterocycles. The van der Waals surface area contributed by atoms with Crippen LogP contribution in [0.5, 0.6) is 0 Å². The Balaban J connectivity index is 3.46. The number of alkyl halides is 3. The van der Waals surface area contributed by atoms with E-state index >= 15 is 0 Å². The van der Waals surface area contributed by atoms with E-state index in [1.54, 1.807) is 0 Å². The maximum atomic E-state index is 12.2. The highest BCUT2D eigenvalue weighted by Gasteiger charge is 2.47. The normalized spacial score (nSPS) is 12.5. The minimum absolute atomic E-state index is 0.179. The molecule has 4 nitrogen and oxygen atoms in total. The number of carboxylic acid groups (broad SMARTS) is 1. The second kappa shape index (κ2) is 4.02. The smallest absolute Gasteiger partial charge is 0.478 e. The first kappa shape index (κ1) is 13.5. The number of aryl methyl sites for hydroxylation is 1. The van der Waals surface area contributed by atoms with E-state index in [2.05, 4.69) is 0 Å². The van der Waals surface area contributed by atoms with Gasteiger partial charge in [0.15, 0.2) is 0 Å². The van der Waals surface area contributed by atoms with Gasteiger partial charge in [0.25, 0.3) is 9.84 Å². The second-order valence-electron chi connectivity index (χ2n) is 3.23. The molecule has 1 N–H and O–H groups in total. The Kier molecular flexibility index (Phi) is 3.19. The molecule has 1 rings (SSSR count). The third-order valence-electron chi connectivity index (χ3n) is 2.05. The topological polar surface area (TPSA) is 71.4 Å². The predicted octanol–water partition coefficient (Wildman–Crippen LogP) is 1.99. The van der Waals surface area contributed by atoms with Crippen molar-refractivity contribution in [2.24, 2.45) is 0 Å². The lowest BCUT2D eigenvalue weighted by Gasteiger charge is -2.09. The van der Waals surface area contributed by atoms with Crippen molar-refractivity contribution in [1.82, 2.24) is 0 Å². The Hall–Kier alpha value is -1.57. The van der Waals surface area contributed by atoms with Crippen molar-refractivity contribution in [3.8, 4) is 0 Å². The zero-order valence-corrected chi connectivity index (χ0v) is 9.26. The maximum Gasteiger partial charge on any atom is 0.501 e. The molecule has 0 bridgehead atoms. The van der Waals surface area contributed by atoms with E-state index in [9.17, 15) is 26.4 Å². The Morgan fingerprint density at radius 3 is 2.24 bits per heavy atom. The Labute approximate surface area is 94.6 Å². The fraction of sp³-hybridized carbons (Fsp3) is 0.222. The standard InChI is InChI=1S/C9H7F3O4S/c1-5-2-3-6(4-7(5)8(13)14)17(15,16)9(10,11)12/h2-4H,1H3,(H,13,14). The number of sulfone groups is 1. The van der Waals surface area contributed by atoms with Crippen LogP contribution in [0.4, 0.5) is 13.2 Å². The highest BCUT2D eigenvalue weighted by atomic mass is 32.2. The number of halogens is 3. The third kappa shape index (κ3) is 2.41. The fourth-order valence-corrected chi connectivity index (χ4v) is 1.92. The molecule has 0 fully saturated rings. The summed E-state index contributed by atoms with van der Waals surface area (Å²) in [7, 11) is -5.51. The second-order valence-corrected chi connectivity index (χ2v) is 5.17. The van der Waals surface area contributed by atoms with Gasteiger partial charge in [-0.1, -0.05) is 6.07 Å². The lowest BCUT2D eigenvalue weighted by Crippen LogP contribution is -2.23. The summed E-state index contributed by atoms with van der Waals surface area (Å²) in [5, 5.41) is 8.68. The van der Waals surface area contributed by atoms with Gasteiger partial charge in [0.2, 0.25) is 0 Å². The molecule has 0 saturated carbocycles. The number of carbonyl (C=O) groups is 1. The number of hydrogen-bond donors (Lipinski definition) is 1. The molecule has 0 unspecified atom stereocenters. The molecular weight excluding hydrogens is 261 g/mol. The number of benzene rings is 1. The molecule has 1 aromatic rings. The quantitative estimate of drug-likeness (QED) is 0.890. The first-order chi connectivity index (χ1) is 7.57. The van der Waals surface area contributed by atoms with Crippen LogP contribution >= 0.6 is 0 Å². The molecule has 94 valence electrons. The van der Waals surface area contributed by atoms with Crippen LogP contribution in [0.1, 0.15) is 15.9 Å². The molecule has 0 radical (unpaired) electrons. The van der Waals surface area contributed by atoms with Gasteiger partial charge in [-0.15, -0.1) is 0 Å². The van der Waals surface area contributed by atoms with E-state index in [0.717, 1.165) is 12.1 Å². The number of hydrogen-bond acceptors (Lipinski definition) is 3. The van der Waals surface area contributed by atoms with Gasteiger partial charge in [-0.25, -0.2) is 13.2 Å². The first-order valence-electron chi connectivity index (χ1n) is 4.22. The van der Waals surface area contributed by atoms with Crippen molar-refractivity contribution in [2.75, 3.05) is 0 Å². The van der Waals surface area contributed by atoms with Crippen LogP contribution in [0, 0.1) is 6.92 Å². The Morgan fingerprint density at radius 2 is 1.82 bits per heavy atom. The van der Waals surface area contributed by atoms with Crippen molar-refractivity contribution in [3.63, 3.8) is 0 Å². The minimum atomic E-state index is -5.51. The van der Waals surface area contributed by atoms with Gasteiger partial charge in [-0.3, -0.25) is 0 Å². The van der Waals surface area contributed by atoms with Crippen LogP contribution in [0.25, 0.3) is 0 Å². The number of carboxylic acids is 1. The molecule has 0 aliphatic rings. The molecule has 0 aliphatic heterocycles. The molecule has 0 heterocycles.